The van der Waals surface area contributed by atoms with Crippen LogP contribution in [-0.2, 0) is 4.74 Å². The summed E-state index contributed by atoms with van der Waals surface area (Å²) in [4.78, 5) is 0. The van der Waals surface area contributed by atoms with Gasteiger partial charge < -0.3 is 15.2 Å². The highest BCUT2D eigenvalue weighted by molar-refractivity contribution is 9.10. The third-order valence-corrected chi connectivity index (χ3v) is 3.38. The first-order valence-corrected chi connectivity index (χ1v) is 5.85. The van der Waals surface area contributed by atoms with Crippen molar-refractivity contribution in [2.45, 2.75) is 6.04 Å². The standard InChI is InChI=1S/C10H11BrClNO2/c11-6-1-2-7(12)10(14)9(6)8-5-15-4-3-13-8/h1-2,8,13-14H,3-5H2/t8-/m0/s1. The van der Waals surface area contributed by atoms with Crippen LogP contribution in [0.25, 0.3) is 0 Å². The summed E-state index contributed by atoms with van der Waals surface area (Å²) in [6.07, 6.45) is 0. The maximum absolute atomic E-state index is 9.87. The molecule has 3 nitrogen and oxygen atoms in total. The average Bonchev–Trinajstić information content (AvgIpc) is 2.26. The van der Waals surface area contributed by atoms with E-state index in [-0.39, 0.29) is 11.8 Å². The molecule has 0 spiro atoms. The Bertz CT molecular complexity index is 367. The van der Waals surface area contributed by atoms with E-state index in [0.29, 0.717) is 18.2 Å². The van der Waals surface area contributed by atoms with Gasteiger partial charge in [-0.15, -0.1) is 0 Å². The molecule has 0 unspecified atom stereocenters. The summed E-state index contributed by atoms with van der Waals surface area (Å²) in [5.74, 6) is 0.119. The fraction of sp³-hybridized carbons (Fsp3) is 0.400. The van der Waals surface area contributed by atoms with Crippen LogP contribution in [0.1, 0.15) is 11.6 Å². The molecule has 0 aromatic heterocycles. The van der Waals surface area contributed by atoms with Crippen molar-refractivity contribution in [2.24, 2.45) is 0 Å². The second kappa shape index (κ2) is 4.70. The lowest BCUT2D eigenvalue weighted by Gasteiger charge is -2.25. The molecule has 1 fully saturated rings. The van der Waals surface area contributed by atoms with E-state index in [4.69, 9.17) is 16.3 Å². The van der Waals surface area contributed by atoms with E-state index >= 15 is 0 Å². The number of aromatic hydroxyl groups is 1. The quantitative estimate of drug-likeness (QED) is 0.835. The fourth-order valence-electron chi connectivity index (χ4n) is 1.64. The zero-order valence-electron chi connectivity index (χ0n) is 7.96. The summed E-state index contributed by atoms with van der Waals surface area (Å²) >= 11 is 9.27. The van der Waals surface area contributed by atoms with Gasteiger partial charge in [-0.1, -0.05) is 27.5 Å². The molecular formula is C10H11BrClNO2. The summed E-state index contributed by atoms with van der Waals surface area (Å²) in [5, 5.41) is 13.5. The summed E-state index contributed by atoms with van der Waals surface area (Å²) in [6.45, 7) is 2.03. The van der Waals surface area contributed by atoms with E-state index < -0.39 is 0 Å². The van der Waals surface area contributed by atoms with Crippen molar-refractivity contribution in [1.29, 1.82) is 0 Å². The number of hydrogen-bond acceptors (Lipinski definition) is 3. The zero-order chi connectivity index (χ0) is 10.8. The Labute approximate surface area is 102 Å². The largest absolute Gasteiger partial charge is 0.506 e. The molecule has 1 aromatic carbocycles. The number of morpholine rings is 1. The minimum absolute atomic E-state index is 0.00757. The number of phenolic OH excluding ortho intramolecular Hbond substituents is 1. The first-order valence-electron chi connectivity index (χ1n) is 4.68. The Hall–Kier alpha value is -0.290. The van der Waals surface area contributed by atoms with E-state index in [0.717, 1.165) is 16.6 Å². The number of benzene rings is 1. The predicted molar refractivity (Wildman–Crippen MR) is 62.4 cm³/mol. The Morgan fingerprint density at radius 1 is 1.53 bits per heavy atom. The lowest BCUT2D eigenvalue weighted by atomic mass is 10.1. The summed E-state index contributed by atoms with van der Waals surface area (Å²) in [5.41, 5.74) is 0.766. The number of rotatable bonds is 1. The maximum atomic E-state index is 9.87. The van der Waals surface area contributed by atoms with Gasteiger partial charge in [0.1, 0.15) is 5.75 Å². The first-order chi connectivity index (χ1) is 7.20. The monoisotopic (exact) mass is 291 g/mol. The van der Waals surface area contributed by atoms with Gasteiger partial charge in [-0.2, -0.15) is 0 Å². The highest BCUT2D eigenvalue weighted by Crippen LogP contribution is 2.37. The Morgan fingerprint density at radius 2 is 2.33 bits per heavy atom. The van der Waals surface area contributed by atoms with Crippen molar-refractivity contribution >= 4 is 27.5 Å². The molecule has 1 aliphatic heterocycles. The molecule has 1 aromatic rings. The Kier molecular flexibility index (Phi) is 3.51. The van der Waals surface area contributed by atoms with Gasteiger partial charge in [-0.3, -0.25) is 0 Å². The van der Waals surface area contributed by atoms with E-state index in [1.807, 2.05) is 6.07 Å². The molecule has 0 bridgehead atoms. The number of hydrogen-bond donors (Lipinski definition) is 2. The van der Waals surface area contributed by atoms with Crippen LogP contribution in [0.15, 0.2) is 16.6 Å². The normalized spacial score (nSPS) is 21.6. The lowest BCUT2D eigenvalue weighted by Crippen LogP contribution is -2.34. The van der Waals surface area contributed by atoms with Crippen molar-refractivity contribution in [3.8, 4) is 5.75 Å². The molecule has 1 saturated heterocycles. The van der Waals surface area contributed by atoms with Crippen molar-refractivity contribution < 1.29 is 9.84 Å². The van der Waals surface area contributed by atoms with Crippen LogP contribution < -0.4 is 5.32 Å². The third kappa shape index (κ3) is 2.28. The SMILES string of the molecule is Oc1c(Cl)ccc(Br)c1[C@@H]1COCCN1. The molecular weight excluding hydrogens is 281 g/mol. The number of ether oxygens (including phenoxy) is 1. The molecule has 5 heteroatoms. The maximum Gasteiger partial charge on any atom is 0.140 e. The smallest absolute Gasteiger partial charge is 0.140 e. The van der Waals surface area contributed by atoms with Gasteiger partial charge in [-0.25, -0.2) is 0 Å². The predicted octanol–water partition coefficient (Wildman–Crippen LogP) is 2.47. The molecule has 1 aliphatic rings. The first kappa shape index (κ1) is 11.2. The topological polar surface area (TPSA) is 41.5 Å². The molecule has 0 aliphatic carbocycles. The molecule has 0 saturated carbocycles. The van der Waals surface area contributed by atoms with Gasteiger partial charge in [0.25, 0.3) is 0 Å². The second-order valence-corrected chi connectivity index (χ2v) is 4.63. The number of halogens is 2. The molecule has 0 amide bonds. The molecule has 15 heavy (non-hydrogen) atoms. The molecule has 1 atom stereocenters. The van der Waals surface area contributed by atoms with Crippen molar-refractivity contribution in [2.75, 3.05) is 19.8 Å². The van der Waals surface area contributed by atoms with E-state index in [9.17, 15) is 5.11 Å². The third-order valence-electron chi connectivity index (χ3n) is 2.38. The fourth-order valence-corrected chi connectivity index (χ4v) is 2.40. The van der Waals surface area contributed by atoms with Crippen molar-refractivity contribution in [3.63, 3.8) is 0 Å². The summed E-state index contributed by atoms with van der Waals surface area (Å²) in [7, 11) is 0. The molecule has 2 rings (SSSR count). The Balaban J connectivity index is 2.36. The van der Waals surface area contributed by atoms with Crippen LogP contribution in [0, 0.1) is 0 Å². The van der Waals surface area contributed by atoms with E-state index in [1.165, 1.54) is 0 Å². The minimum Gasteiger partial charge on any atom is -0.506 e. The number of phenols is 1. The van der Waals surface area contributed by atoms with Crippen LogP contribution in [0.5, 0.6) is 5.75 Å². The highest BCUT2D eigenvalue weighted by Gasteiger charge is 2.22. The van der Waals surface area contributed by atoms with Crippen molar-refractivity contribution in [1.82, 2.24) is 5.32 Å². The van der Waals surface area contributed by atoms with Crippen LogP contribution in [-0.4, -0.2) is 24.9 Å². The zero-order valence-corrected chi connectivity index (χ0v) is 10.3. The average molecular weight is 293 g/mol. The van der Waals surface area contributed by atoms with Gasteiger partial charge in [0.05, 0.1) is 24.3 Å². The Morgan fingerprint density at radius 3 is 3.00 bits per heavy atom. The van der Waals surface area contributed by atoms with Crippen LogP contribution >= 0.6 is 27.5 Å². The molecule has 1 heterocycles. The molecule has 2 N–H and O–H groups in total. The second-order valence-electron chi connectivity index (χ2n) is 3.37. The molecule has 82 valence electrons. The van der Waals surface area contributed by atoms with E-state index in [1.54, 1.807) is 6.07 Å². The van der Waals surface area contributed by atoms with Gasteiger partial charge in [0, 0.05) is 16.6 Å². The summed E-state index contributed by atoms with van der Waals surface area (Å²) < 4.78 is 6.19. The summed E-state index contributed by atoms with van der Waals surface area (Å²) in [6, 6.07) is 3.48. The van der Waals surface area contributed by atoms with Crippen LogP contribution in [0.4, 0.5) is 0 Å². The van der Waals surface area contributed by atoms with Gasteiger partial charge in [0.2, 0.25) is 0 Å². The number of nitrogens with one attached hydrogen (secondary N) is 1. The van der Waals surface area contributed by atoms with Gasteiger partial charge in [0.15, 0.2) is 0 Å². The molecule has 0 radical (unpaired) electrons. The van der Waals surface area contributed by atoms with Crippen molar-refractivity contribution in [3.05, 3.63) is 27.2 Å². The minimum atomic E-state index is -0.00757. The highest BCUT2D eigenvalue weighted by atomic mass is 79.9. The van der Waals surface area contributed by atoms with Gasteiger partial charge in [-0.05, 0) is 12.1 Å². The van der Waals surface area contributed by atoms with Gasteiger partial charge >= 0.3 is 0 Å². The van der Waals surface area contributed by atoms with Crippen LogP contribution in [0.3, 0.4) is 0 Å². The lowest BCUT2D eigenvalue weighted by molar-refractivity contribution is 0.0759. The van der Waals surface area contributed by atoms with E-state index in [2.05, 4.69) is 21.2 Å². The van der Waals surface area contributed by atoms with Crippen LogP contribution in [0.2, 0.25) is 5.02 Å².